The Balaban J connectivity index is 0.00000218. The second-order valence-electron chi connectivity index (χ2n) is 6.80. The van der Waals surface area contributed by atoms with E-state index in [1.165, 1.54) is 0 Å². The lowest BCUT2D eigenvalue weighted by Crippen LogP contribution is -2.33. The molecule has 3 N–H and O–H groups in total. The van der Waals surface area contributed by atoms with Gasteiger partial charge in [0.2, 0.25) is 10.0 Å². The van der Waals surface area contributed by atoms with E-state index in [0.717, 1.165) is 36.5 Å². The summed E-state index contributed by atoms with van der Waals surface area (Å²) in [5.41, 5.74) is 0.585. The fraction of sp³-hybridized carbons (Fsp3) is 0.524. The number of hydrogen-bond acceptors (Lipinski definition) is 4. The summed E-state index contributed by atoms with van der Waals surface area (Å²) in [6.45, 7) is 5.63. The van der Waals surface area contributed by atoms with E-state index >= 15 is 0 Å². The van der Waals surface area contributed by atoms with Crippen molar-refractivity contribution in [3.8, 4) is 0 Å². The van der Waals surface area contributed by atoms with Crippen molar-refractivity contribution < 1.29 is 27.3 Å². The van der Waals surface area contributed by atoms with Crippen LogP contribution >= 0.6 is 7.82 Å². The van der Waals surface area contributed by atoms with Crippen molar-refractivity contribution in [2.75, 3.05) is 12.4 Å². The summed E-state index contributed by atoms with van der Waals surface area (Å²) in [7, 11) is -8.34. The molecule has 2 aromatic carbocycles. The third-order valence-corrected chi connectivity index (χ3v) is 6.38. The van der Waals surface area contributed by atoms with Gasteiger partial charge in [-0.1, -0.05) is 82.9 Å². The van der Waals surface area contributed by atoms with Crippen LogP contribution in [0.5, 0.6) is 0 Å². The van der Waals surface area contributed by atoms with Crippen LogP contribution in [0.3, 0.4) is 0 Å². The molecule has 7 nitrogen and oxygen atoms in total. The van der Waals surface area contributed by atoms with Crippen LogP contribution in [-0.2, 0) is 19.1 Å². The van der Waals surface area contributed by atoms with Crippen molar-refractivity contribution >= 4 is 28.6 Å². The number of rotatable bonds is 12. The summed E-state index contributed by atoms with van der Waals surface area (Å²) >= 11 is 0. The minimum atomic E-state index is -4.72. The molecule has 2 rings (SSSR count). The molecule has 1 atom stereocenters. The van der Waals surface area contributed by atoms with Gasteiger partial charge in [-0.25, -0.2) is 17.7 Å². The first kappa shape index (κ1) is 26.8. The highest BCUT2D eigenvalue weighted by atomic mass is 32.2. The Hall–Kier alpha value is -1.28. The van der Waals surface area contributed by atoms with Gasteiger partial charge in [-0.3, -0.25) is 4.52 Å². The molecule has 0 amide bonds. The molecule has 9 heteroatoms. The van der Waals surface area contributed by atoms with Crippen molar-refractivity contribution in [3.63, 3.8) is 0 Å². The van der Waals surface area contributed by atoms with E-state index in [9.17, 15) is 13.0 Å². The molecule has 0 radical (unpaired) electrons. The summed E-state index contributed by atoms with van der Waals surface area (Å²) in [6.07, 6.45) is 4.51. The van der Waals surface area contributed by atoms with Crippen molar-refractivity contribution in [1.29, 1.82) is 0 Å². The number of fused-ring (bicyclic) bond motifs is 1. The van der Waals surface area contributed by atoms with Gasteiger partial charge in [-0.05, 0) is 28.8 Å². The van der Waals surface area contributed by atoms with Gasteiger partial charge in [0.25, 0.3) is 0 Å². The highest BCUT2D eigenvalue weighted by Crippen LogP contribution is 2.37. The summed E-state index contributed by atoms with van der Waals surface area (Å²) in [6, 6.07) is 12.1. The highest BCUT2D eigenvalue weighted by molar-refractivity contribution is 7.89. The molecule has 0 aliphatic carbocycles. The van der Waals surface area contributed by atoms with Crippen LogP contribution in [-0.4, -0.2) is 30.6 Å². The smallest absolute Gasteiger partial charge is 0.303 e. The zero-order valence-corrected chi connectivity index (χ0v) is 19.7. The maximum Gasteiger partial charge on any atom is 0.469 e. The minimum Gasteiger partial charge on any atom is -0.303 e. The van der Waals surface area contributed by atoms with E-state index in [4.69, 9.17) is 9.79 Å². The summed E-state index contributed by atoms with van der Waals surface area (Å²) < 4.78 is 43.2. The second-order valence-corrected chi connectivity index (χ2v) is 9.91. The monoisotopic (exact) mass is 459 g/mol. The van der Waals surface area contributed by atoms with Crippen molar-refractivity contribution in [1.82, 2.24) is 4.72 Å². The van der Waals surface area contributed by atoms with E-state index in [1.54, 1.807) is 12.1 Å². The Labute approximate surface area is 180 Å². The van der Waals surface area contributed by atoms with Gasteiger partial charge in [0.05, 0.1) is 18.4 Å². The summed E-state index contributed by atoms with van der Waals surface area (Å²) in [5.74, 6) is -0.0310. The van der Waals surface area contributed by atoms with Crippen LogP contribution in [0.25, 0.3) is 10.8 Å². The molecule has 0 heterocycles. The van der Waals surface area contributed by atoms with E-state index < -0.39 is 30.5 Å². The lowest BCUT2D eigenvalue weighted by atomic mass is 10.0. The number of hydrogen-bond donors (Lipinski definition) is 3. The number of phosphoric ester groups is 1. The lowest BCUT2D eigenvalue weighted by molar-refractivity contribution is 0.183. The first-order valence-electron chi connectivity index (χ1n) is 10.4. The van der Waals surface area contributed by atoms with Crippen LogP contribution in [0.4, 0.5) is 0 Å². The molecule has 0 fully saturated rings. The van der Waals surface area contributed by atoms with Gasteiger partial charge in [0, 0.05) is 0 Å². The normalized spacial score (nSPS) is 13.0. The lowest BCUT2D eigenvalue weighted by Gasteiger charge is -2.20. The van der Waals surface area contributed by atoms with E-state index in [2.05, 4.69) is 16.2 Å². The SMILES string of the molecule is CC.CCCCCCCS(=O)(=O)NC(COP(=O)(O)O)c1ccc2ccccc2c1. The van der Waals surface area contributed by atoms with Gasteiger partial charge < -0.3 is 9.79 Å². The number of sulfonamides is 1. The van der Waals surface area contributed by atoms with Gasteiger partial charge in [0.1, 0.15) is 0 Å². The largest absolute Gasteiger partial charge is 0.469 e. The molecule has 1 unspecified atom stereocenters. The topological polar surface area (TPSA) is 113 Å². The Morgan fingerprint density at radius 1 is 1.00 bits per heavy atom. The quantitative estimate of drug-likeness (QED) is 0.307. The van der Waals surface area contributed by atoms with E-state index in [-0.39, 0.29) is 5.75 Å². The standard InChI is InChI=1S/C19H28NO6PS.C2H6/c1-2-3-4-5-8-13-28(24,25)20-19(15-26-27(21,22)23)18-12-11-16-9-6-7-10-17(16)14-18;1-2/h6-7,9-12,14,19-20H,2-5,8,13,15H2,1H3,(H2,21,22,23);1-2H3. The molecule has 0 bridgehead atoms. The summed E-state index contributed by atoms with van der Waals surface area (Å²) in [5, 5.41) is 1.89. The van der Waals surface area contributed by atoms with Crippen LogP contribution in [0, 0.1) is 0 Å². The van der Waals surface area contributed by atoms with Crippen molar-refractivity contribution in [2.24, 2.45) is 0 Å². The predicted molar refractivity (Wildman–Crippen MR) is 122 cm³/mol. The Bertz CT molecular complexity index is 913. The maximum atomic E-state index is 12.5. The fourth-order valence-electron chi connectivity index (χ4n) is 2.97. The van der Waals surface area contributed by atoms with Gasteiger partial charge in [-0.15, -0.1) is 0 Å². The molecule has 0 spiro atoms. The summed E-state index contributed by atoms with van der Waals surface area (Å²) in [4.78, 5) is 18.0. The Kier molecular flexibility index (Phi) is 11.8. The molecule has 2 aromatic rings. The molecule has 0 aliphatic heterocycles. The maximum absolute atomic E-state index is 12.5. The molecular formula is C21H34NO6PS. The Morgan fingerprint density at radius 3 is 2.27 bits per heavy atom. The zero-order chi connectivity index (χ0) is 22.6. The Morgan fingerprint density at radius 2 is 1.63 bits per heavy atom. The first-order chi connectivity index (χ1) is 14.2. The highest BCUT2D eigenvalue weighted by Gasteiger charge is 2.24. The first-order valence-corrected chi connectivity index (χ1v) is 13.6. The third kappa shape index (κ3) is 10.2. The fourth-order valence-corrected chi connectivity index (χ4v) is 4.65. The molecule has 0 saturated heterocycles. The van der Waals surface area contributed by atoms with Crippen LogP contribution in [0.1, 0.15) is 64.5 Å². The van der Waals surface area contributed by atoms with Crippen LogP contribution < -0.4 is 4.72 Å². The average molecular weight is 460 g/mol. The molecule has 0 aromatic heterocycles. The molecule has 0 aliphatic rings. The average Bonchev–Trinajstić information content (AvgIpc) is 2.71. The molecule has 170 valence electrons. The number of nitrogens with one attached hydrogen (secondary N) is 1. The molecule has 30 heavy (non-hydrogen) atoms. The van der Waals surface area contributed by atoms with Crippen molar-refractivity contribution in [2.45, 2.75) is 58.9 Å². The van der Waals surface area contributed by atoms with Crippen LogP contribution in [0.15, 0.2) is 42.5 Å². The van der Waals surface area contributed by atoms with Gasteiger partial charge in [-0.2, -0.15) is 0 Å². The van der Waals surface area contributed by atoms with Crippen molar-refractivity contribution in [3.05, 3.63) is 48.0 Å². The minimum absolute atomic E-state index is 0.0310. The predicted octanol–water partition coefficient (Wildman–Crippen LogP) is 4.91. The number of benzene rings is 2. The molecular weight excluding hydrogens is 425 g/mol. The third-order valence-electron chi connectivity index (χ3n) is 4.42. The second kappa shape index (κ2) is 13.2. The molecule has 0 saturated carbocycles. The van der Waals surface area contributed by atoms with E-state index in [0.29, 0.717) is 12.0 Å². The van der Waals surface area contributed by atoms with Crippen LogP contribution in [0.2, 0.25) is 0 Å². The number of unbranched alkanes of at least 4 members (excludes halogenated alkanes) is 4. The van der Waals surface area contributed by atoms with Gasteiger partial charge in [0.15, 0.2) is 0 Å². The number of phosphoric acid groups is 1. The van der Waals surface area contributed by atoms with E-state index in [1.807, 2.05) is 44.2 Å². The zero-order valence-electron chi connectivity index (χ0n) is 18.0. The van der Waals surface area contributed by atoms with Gasteiger partial charge >= 0.3 is 7.82 Å².